The SMILES string of the molecule is O=C(NCC(=O)N(Cc1ccccc1)[C@@H]1c2ccccc2CC[C@H]1Cc1ccccc1)c1cccc(-c2nnn[nH]2)c1. The lowest BCUT2D eigenvalue weighted by Gasteiger charge is -2.42. The van der Waals surface area contributed by atoms with Crippen LogP contribution in [-0.4, -0.2) is 43.9 Å². The summed E-state index contributed by atoms with van der Waals surface area (Å²) in [6.07, 6.45) is 2.82. The van der Waals surface area contributed by atoms with Crippen molar-refractivity contribution in [1.29, 1.82) is 0 Å². The number of nitrogens with one attached hydrogen (secondary N) is 2. The zero-order valence-electron chi connectivity index (χ0n) is 23.2. The molecule has 210 valence electrons. The molecule has 1 heterocycles. The Bertz CT molecular complexity index is 1640. The van der Waals surface area contributed by atoms with Gasteiger partial charge in [-0.2, -0.15) is 0 Å². The maximum Gasteiger partial charge on any atom is 0.251 e. The molecule has 0 saturated heterocycles. The predicted octanol–water partition coefficient (Wildman–Crippen LogP) is 5.17. The van der Waals surface area contributed by atoms with E-state index in [1.807, 2.05) is 47.4 Å². The number of aromatic amines is 1. The molecule has 0 unspecified atom stereocenters. The van der Waals surface area contributed by atoms with E-state index in [2.05, 4.69) is 74.5 Å². The maximum absolute atomic E-state index is 14.1. The van der Waals surface area contributed by atoms with E-state index < -0.39 is 0 Å². The van der Waals surface area contributed by atoms with Crippen molar-refractivity contribution in [1.82, 2.24) is 30.8 Å². The Kier molecular flexibility index (Phi) is 8.12. The molecule has 4 aromatic carbocycles. The van der Waals surface area contributed by atoms with Gasteiger partial charge in [0, 0.05) is 17.7 Å². The van der Waals surface area contributed by atoms with Crippen molar-refractivity contribution in [3.8, 4) is 11.4 Å². The average molecular weight is 557 g/mol. The molecule has 8 heteroatoms. The average Bonchev–Trinajstić information content (AvgIpc) is 3.59. The number of hydrogen-bond donors (Lipinski definition) is 2. The molecule has 8 nitrogen and oxygen atoms in total. The van der Waals surface area contributed by atoms with Crippen LogP contribution in [0.2, 0.25) is 0 Å². The molecule has 5 aromatic rings. The van der Waals surface area contributed by atoms with Gasteiger partial charge in [-0.15, -0.1) is 5.10 Å². The minimum absolute atomic E-state index is 0.115. The summed E-state index contributed by atoms with van der Waals surface area (Å²) in [4.78, 5) is 29.3. The van der Waals surface area contributed by atoms with Gasteiger partial charge < -0.3 is 10.2 Å². The van der Waals surface area contributed by atoms with Crippen molar-refractivity contribution >= 4 is 11.8 Å². The van der Waals surface area contributed by atoms with E-state index in [4.69, 9.17) is 0 Å². The summed E-state index contributed by atoms with van der Waals surface area (Å²) in [5.41, 5.74) is 5.89. The molecule has 2 N–H and O–H groups in total. The highest BCUT2D eigenvalue weighted by Crippen LogP contribution is 2.41. The van der Waals surface area contributed by atoms with E-state index in [0.29, 0.717) is 23.5 Å². The lowest BCUT2D eigenvalue weighted by molar-refractivity contribution is -0.135. The minimum Gasteiger partial charge on any atom is -0.343 e. The molecule has 0 bridgehead atoms. The Morgan fingerprint density at radius 3 is 2.36 bits per heavy atom. The van der Waals surface area contributed by atoms with Gasteiger partial charge in [-0.3, -0.25) is 9.59 Å². The number of aromatic nitrogens is 4. The van der Waals surface area contributed by atoms with Gasteiger partial charge in [0.05, 0.1) is 12.6 Å². The summed E-state index contributed by atoms with van der Waals surface area (Å²) in [5, 5.41) is 16.7. The van der Waals surface area contributed by atoms with Crippen LogP contribution in [0.1, 0.15) is 45.1 Å². The number of amides is 2. The van der Waals surface area contributed by atoms with Crippen molar-refractivity contribution in [2.75, 3.05) is 6.54 Å². The Labute approximate surface area is 244 Å². The van der Waals surface area contributed by atoms with E-state index in [1.165, 1.54) is 16.7 Å². The number of hydrogen-bond acceptors (Lipinski definition) is 5. The first kappa shape index (κ1) is 27.1. The number of benzene rings is 4. The molecule has 1 aliphatic carbocycles. The van der Waals surface area contributed by atoms with Crippen molar-refractivity contribution in [3.05, 3.63) is 137 Å². The summed E-state index contributed by atoms with van der Waals surface area (Å²) >= 11 is 0. The number of rotatable bonds is 9. The summed E-state index contributed by atoms with van der Waals surface area (Å²) in [6, 6.07) is 35.9. The van der Waals surface area contributed by atoms with Crippen LogP contribution in [0.25, 0.3) is 11.4 Å². The van der Waals surface area contributed by atoms with Gasteiger partial charge in [0.1, 0.15) is 0 Å². The lowest BCUT2D eigenvalue weighted by atomic mass is 9.76. The van der Waals surface area contributed by atoms with Crippen LogP contribution in [0, 0.1) is 5.92 Å². The monoisotopic (exact) mass is 556 g/mol. The van der Waals surface area contributed by atoms with Gasteiger partial charge >= 0.3 is 0 Å². The summed E-state index contributed by atoms with van der Waals surface area (Å²) in [6.45, 7) is 0.338. The Morgan fingerprint density at radius 1 is 0.857 bits per heavy atom. The van der Waals surface area contributed by atoms with Crippen molar-refractivity contribution in [3.63, 3.8) is 0 Å². The molecule has 0 saturated carbocycles. The quantitative estimate of drug-likeness (QED) is 0.261. The fourth-order valence-corrected chi connectivity index (χ4v) is 5.93. The van der Waals surface area contributed by atoms with Gasteiger partial charge in [0.2, 0.25) is 5.91 Å². The number of nitrogens with zero attached hydrogens (tertiary/aromatic N) is 4. The summed E-state index contributed by atoms with van der Waals surface area (Å²) in [5.74, 6) is 0.248. The second-order valence-corrected chi connectivity index (χ2v) is 10.7. The Hall–Kier alpha value is -5.11. The third-order valence-corrected chi connectivity index (χ3v) is 7.94. The first-order chi connectivity index (χ1) is 20.7. The number of fused-ring (bicyclic) bond motifs is 1. The first-order valence-electron chi connectivity index (χ1n) is 14.2. The van der Waals surface area contributed by atoms with E-state index in [0.717, 1.165) is 24.8 Å². The van der Waals surface area contributed by atoms with E-state index >= 15 is 0 Å². The van der Waals surface area contributed by atoms with E-state index in [-0.39, 0.29) is 30.3 Å². The molecule has 2 atom stereocenters. The third-order valence-electron chi connectivity index (χ3n) is 7.94. The smallest absolute Gasteiger partial charge is 0.251 e. The van der Waals surface area contributed by atoms with Crippen LogP contribution in [0.15, 0.2) is 109 Å². The van der Waals surface area contributed by atoms with Crippen molar-refractivity contribution in [2.24, 2.45) is 5.92 Å². The second kappa shape index (κ2) is 12.6. The van der Waals surface area contributed by atoms with Crippen molar-refractivity contribution < 1.29 is 9.59 Å². The zero-order chi connectivity index (χ0) is 28.7. The number of aryl methyl sites for hydroxylation is 1. The fraction of sp³-hybridized carbons (Fsp3) is 0.206. The molecule has 2 amide bonds. The standard InChI is InChI=1S/C34H32N6O2/c41-31(22-35-34(42)29-16-9-15-28(21-29)33-36-38-39-37-33)40(23-25-12-5-2-6-13-25)32-27(20-24-10-3-1-4-11-24)19-18-26-14-7-8-17-30(26)32/h1-17,21,27,32H,18-20,22-23H2,(H,35,42)(H,36,37,38,39)/t27-,32-/m0/s1. The van der Waals surface area contributed by atoms with Crippen LogP contribution in [0.5, 0.6) is 0 Å². The molecular weight excluding hydrogens is 524 g/mol. The third kappa shape index (κ3) is 6.12. The number of carbonyl (C=O) groups excluding carboxylic acids is 2. The molecule has 0 fully saturated rings. The lowest BCUT2D eigenvalue weighted by Crippen LogP contribution is -2.45. The van der Waals surface area contributed by atoms with Crippen LogP contribution in [0.4, 0.5) is 0 Å². The van der Waals surface area contributed by atoms with Gasteiger partial charge in [0.25, 0.3) is 5.91 Å². The molecule has 1 aliphatic rings. The van der Waals surface area contributed by atoms with Crippen LogP contribution >= 0.6 is 0 Å². The highest BCUT2D eigenvalue weighted by molar-refractivity contribution is 5.97. The van der Waals surface area contributed by atoms with Gasteiger partial charge in [-0.1, -0.05) is 97.1 Å². The van der Waals surface area contributed by atoms with Crippen LogP contribution in [0.3, 0.4) is 0 Å². The van der Waals surface area contributed by atoms with Crippen LogP contribution in [-0.2, 0) is 24.2 Å². The largest absolute Gasteiger partial charge is 0.343 e. The number of carbonyl (C=O) groups is 2. The van der Waals surface area contributed by atoms with Crippen LogP contribution < -0.4 is 5.32 Å². The summed E-state index contributed by atoms with van der Waals surface area (Å²) < 4.78 is 0. The van der Waals surface area contributed by atoms with E-state index in [1.54, 1.807) is 18.2 Å². The van der Waals surface area contributed by atoms with Gasteiger partial charge in [0.15, 0.2) is 5.82 Å². The molecule has 0 radical (unpaired) electrons. The van der Waals surface area contributed by atoms with Crippen molar-refractivity contribution in [2.45, 2.75) is 31.8 Å². The van der Waals surface area contributed by atoms with Gasteiger partial charge in [-0.25, -0.2) is 5.10 Å². The molecule has 1 aromatic heterocycles. The second-order valence-electron chi connectivity index (χ2n) is 10.7. The fourth-order valence-electron chi connectivity index (χ4n) is 5.93. The minimum atomic E-state index is -0.331. The first-order valence-corrected chi connectivity index (χ1v) is 14.2. The van der Waals surface area contributed by atoms with E-state index in [9.17, 15) is 9.59 Å². The summed E-state index contributed by atoms with van der Waals surface area (Å²) in [7, 11) is 0. The molecular formula is C34H32N6O2. The topological polar surface area (TPSA) is 104 Å². The molecule has 6 rings (SSSR count). The zero-order valence-corrected chi connectivity index (χ0v) is 23.2. The Balaban J connectivity index is 1.28. The Morgan fingerprint density at radius 2 is 1.60 bits per heavy atom. The predicted molar refractivity (Wildman–Crippen MR) is 160 cm³/mol. The molecule has 42 heavy (non-hydrogen) atoms. The maximum atomic E-state index is 14.1. The van der Waals surface area contributed by atoms with Gasteiger partial charge in [-0.05, 0) is 70.0 Å². The highest BCUT2D eigenvalue weighted by atomic mass is 16.2. The molecule has 0 spiro atoms. The molecule has 0 aliphatic heterocycles. The normalized spacial score (nSPS) is 15.9. The number of H-pyrrole nitrogens is 1. The highest BCUT2D eigenvalue weighted by Gasteiger charge is 2.36. The number of tetrazole rings is 1.